The first-order chi connectivity index (χ1) is 17.3. The van der Waals surface area contributed by atoms with Gasteiger partial charge in [-0.25, -0.2) is 24.6 Å². The van der Waals surface area contributed by atoms with Crippen LogP contribution in [-0.2, 0) is 11.0 Å². The zero-order valence-electron chi connectivity index (χ0n) is 21.0. The normalized spacial score (nSPS) is 15.0. The molecule has 1 aliphatic heterocycles. The molecule has 0 fully saturated rings. The third kappa shape index (κ3) is 4.32. The fourth-order valence-corrected chi connectivity index (χ4v) is 4.31. The highest BCUT2D eigenvalue weighted by molar-refractivity contribution is 5.80. The molecule has 0 spiro atoms. The molecule has 0 aromatic carbocycles. The number of hydrogen-bond donors (Lipinski definition) is 2. The van der Waals surface area contributed by atoms with Crippen LogP contribution in [0.3, 0.4) is 0 Å². The summed E-state index contributed by atoms with van der Waals surface area (Å²) in [7, 11) is 0. The number of fused-ring (bicyclic) bond motifs is 2. The van der Waals surface area contributed by atoms with E-state index in [0.717, 1.165) is 45.8 Å². The Balaban J connectivity index is 1.38. The molecule has 0 aliphatic carbocycles. The fourth-order valence-electron chi connectivity index (χ4n) is 4.31. The van der Waals surface area contributed by atoms with E-state index in [9.17, 15) is 5.11 Å². The third-order valence-corrected chi connectivity index (χ3v) is 6.86. The second-order valence-corrected chi connectivity index (χ2v) is 9.91. The third-order valence-electron chi connectivity index (χ3n) is 6.86. The number of nitrogens with one attached hydrogen (secondary N) is 1. The van der Waals surface area contributed by atoms with Crippen molar-refractivity contribution in [2.75, 3.05) is 31.7 Å². The summed E-state index contributed by atoms with van der Waals surface area (Å²) >= 11 is 0. The molecule has 5 heterocycles. The number of ether oxygens (including phenoxy) is 2. The van der Waals surface area contributed by atoms with E-state index in [-0.39, 0.29) is 12.0 Å². The smallest absolute Gasteiger partial charge is 0.257 e. The molecule has 36 heavy (non-hydrogen) atoms. The molecule has 1 atom stereocenters. The molecule has 0 saturated carbocycles. The molecule has 10 heteroatoms. The highest BCUT2D eigenvalue weighted by Crippen LogP contribution is 2.40. The van der Waals surface area contributed by atoms with Crippen molar-refractivity contribution >= 4 is 16.9 Å². The predicted octanol–water partition coefficient (Wildman–Crippen LogP) is 3.56. The molecule has 4 aromatic heterocycles. The second kappa shape index (κ2) is 9.34. The van der Waals surface area contributed by atoms with Crippen LogP contribution in [0.4, 0.5) is 5.82 Å². The molecule has 0 radical (unpaired) electrons. The van der Waals surface area contributed by atoms with Gasteiger partial charge in [0.1, 0.15) is 25.4 Å². The van der Waals surface area contributed by atoms with Gasteiger partial charge in [0.25, 0.3) is 5.88 Å². The summed E-state index contributed by atoms with van der Waals surface area (Å²) in [5.41, 5.74) is 2.63. The molecule has 1 aliphatic rings. The Hall–Kier alpha value is -3.79. The summed E-state index contributed by atoms with van der Waals surface area (Å²) < 4.78 is 13.4. The lowest BCUT2D eigenvalue weighted by molar-refractivity contribution is 0.156. The van der Waals surface area contributed by atoms with Gasteiger partial charge in [0, 0.05) is 46.9 Å². The van der Waals surface area contributed by atoms with E-state index in [1.807, 2.05) is 32.0 Å². The predicted molar refractivity (Wildman–Crippen MR) is 136 cm³/mol. The minimum atomic E-state index is -0.542. The van der Waals surface area contributed by atoms with Crippen molar-refractivity contribution in [3.8, 4) is 22.9 Å². The average molecular weight is 490 g/mol. The molecule has 4 aromatic rings. The quantitative estimate of drug-likeness (QED) is 0.383. The van der Waals surface area contributed by atoms with Crippen molar-refractivity contribution in [3.63, 3.8) is 0 Å². The van der Waals surface area contributed by atoms with Gasteiger partial charge in [-0.1, -0.05) is 13.8 Å². The van der Waals surface area contributed by atoms with Crippen molar-refractivity contribution in [1.29, 1.82) is 0 Å². The van der Waals surface area contributed by atoms with Gasteiger partial charge < -0.3 is 19.9 Å². The van der Waals surface area contributed by atoms with Gasteiger partial charge >= 0.3 is 0 Å². The molecule has 0 bridgehead atoms. The first-order valence-electron chi connectivity index (χ1n) is 12.1. The molecule has 2 N–H and O–H groups in total. The largest absolute Gasteiger partial charge is 0.484 e. The Morgan fingerprint density at radius 3 is 2.69 bits per heavy atom. The van der Waals surface area contributed by atoms with Crippen LogP contribution >= 0.6 is 0 Å². The van der Waals surface area contributed by atoms with E-state index < -0.39 is 5.54 Å². The molecule has 5 rings (SSSR count). The second-order valence-electron chi connectivity index (χ2n) is 9.91. The van der Waals surface area contributed by atoms with Crippen LogP contribution in [0.1, 0.15) is 39.7 Å². The number of aromatic nitrogens is 6. The lowest BCUT2D eigenvalue weighted by Crippen LogP contribution is -2.32. The molecular weight excluding hydrogens is 458 g/mol. The van der Waals surface area contributed by atoms with E-state index >= 15 is 0 Å². The van der Waals surface area contributed by atoms with E-state index in [0.29, 0.717) is 25.6 Å². The van der Waals surface area contributed by atoms with Crippen molar-refractivity contribution in [1.82, 2.24) is 29.7 Å². The Morgan fingerprint density at radius 2 is 1.89 bits per heavy atom. The van der Waals surface area contributed by atoms with Gasteiger partial charge in [0.2, 0.25) is 0 Å². The van der Waals surface area contributed by atoms with Crippen molar-refractivity contribution in [3.05, 3.63) is 48.7 Å². The number of rotatable bonds is 8. The van der Waals surface area contributed by atoms with Gasteiger partial charge in [-0.2, -0.15) is 5.10 Å². The van der Waals surface area contributed by atoms with E-state index in [1.165, 1.54) is 0 Å². The van der Waals surface area contributed by atoms with Crippen molar-refractivity contribution < 1.29 is 14.6 Å². The standard InChI is InChI=1S/C26H31N7O3/c1-5-26(4,19-6-7-27-24-22(19)35-8-9-36-24)14-29-21-11-20(30-16-31-21)17-10-18-13-32-33(23(18)28-12-17)25(2,3)15-34/h6-7,10-13,16,34H,5,8-9,14-15H2,1-4H3,(H,29,30,31)/t26-/m1/s1. The van der Waals surface area contributed by atoms with Crippen LogP contribution in [0.25, 0.3) is 22.3 Å². The van der Waals surface area contributed by atoms with Gasteiger partial charge in [-0.05, 0) is 32.4 Å². The Labute approximate surface area is 209 Å². The lowest BCUT2D eigenvalue weighted by atomic mass is 9.79. The van der Waals surface area contributed by atoms with Gasteiger partial charge in [-0.3, -0.25) is 0 Å². The van der Waals surface area contributed by atoms with Crippen LogP contribution < -0.4 is 14.8 Å². The fraction of sp³-hybridized carbons (Fsp3) is 0.423. The lowest BCUT2D eigenvalue weighted by Gasteiger charge is -2.32. The maximum atomic E-state index is 9.72. The topological polar surface area (TPSA) is 120 Å². The number of anilines is 1. The Kier molecular flexibility index (Phi) is 6.21. The summed E-state index contributed by atoms with van der Waals surface area (Å²) in [5.74, 6) is 2.00. The van der Waals surface area contributed by atoms with Crippen LogP contribution in [0.2, 0.25) is 0 Å². The molecule has 0 unspecified atom stereocenters. The SMILES string of the molecule is CC[C@](C)(CNc1cc(-c2cnc3c(cnn3C(C)(C)CO)c2)ncn1)c1ccnc2c1OCCO2. The van der Waals surface area contributed by atoms with Crippen molar-refractivity contribution in [2.45, 2.75) is 45.1 Å². The van der Waals surface area contributed by atoms with E-state index in [1.54, 1.807) is 29.6 Å². The summed E-state index contributed by atoms with van der Waals surface area (Å²) in [6.07, 6.45) is 7.74. The van der Waals surface area contributed by atoms with Gasteiger partial charge in [0.15, 0.2) is 11.4 Å². The molecule has 10 nitrogen and oxygen atoms in total. The average Bonchev–Trinajstić information content (AvgIpc) is 3.36. The highest BCUT2D eigenvalue weighted by Gasteiger charge is 2.32. The number of pyridine rings is 2. The van der Waals surface area contributed by atoms with Crippen LogP contribution in [-0.4, -0.2) is 61.2 Å². The molecule has 0 saturated heterocycles. The number of hydrogen-bond acceptors (Lipinski definition) is 9. The maximum Gasteiger partial charge on any atom is 0.257 e. The Bertz CT molecular complexity index is 1390. The van der Waals surface area contributed by atoms with E-state index in [2.05, 4.69) is 44.2 Å². The number of aliphatic hydroxyl groups is 1. The highest BCUT2D eigenvalue weighted by atomic mass is 16.6. The minimum absolute atomic E-state index is 0.0354. The van der Waals surface area contributed by atoms with Crippen LogP contribution in [0.5, 0.6) is 11.6 Å². The monoisotopic (exact) mass is 489 g/mol. The van der Waals surface area contributed by atoms with Crippen LogP contribution in [0, 0.1) is 0 Å². The molecule has 0 amide bonds. The summed E-state index contributed by atoms with van der Waals surface area (Å²) in [4.78, 5) is 17.8. The van der Waals surface area contributed by atoms with Gasteiger partial charge in [-0.15, -0.1) is 0 Å². The molecular formula is C26H31N7O3. The van der Waals surface area contributed by atoms with Crippen LogP contribution in [0.15, 0.2) is 43.1 Å². The Morgan fingerprint density at radius 1 is 1.06 bits per heavy atom. The zero-order chi connectivity index (χ0) is 25.3. The van der Waals surface area contributed by atoms with Crippen molar-refractivity contribution in [2.24, 2.45) is 0 Å². The zero-order valence-corrected chi connectivity index (χ0v) is 21.0. The van der Waals surface area contributed by atoms with Gasteiger partial charge in [0.05, 0.1) is 24.0 Å². The number of nitrogens with zero attached hydrogens (tertiary/aromatic N) is 6. The first kappa shape index (κ1) is 23.9. The first-order valence-corrected chi connectivity index (χ1v) is 12.1. The summed E-state index contributed by atoms with van der Waals surface area (Å²) in [6, 6.07) is 5.92. The summed E-state index contributed by atoms with van der Waals surface area (Å²) in [6.45, 7) is 9.82. The maximum absolute atomic E-state index is 9.72. The van der Waals surface area contributed by atoms with E-state index in [4.69, 9.17) is 9.47 Å². The number of aliphatic hydroxyl groups excluding tert-OH is 1. The summed E-state index contributed by atoms with van der Waals surface area (Å²) in [5, 5.41) is 18.5. The molecule has 188 valence electrons. The minimum Gasteiger partial charge on any atom is -0.484 e.